The summed E-state index contributed by atoms with van der Waals surface area (Å²) in [4.78, 5) is 0. The lowest BCUT2D eigenvalue weighted by Crippen LogP contribution is -2.39. The molecule has 4 rings (SSSR count). The molecular formula is C34H45F3N2O. The number of benzene rings is 1. The van der Waals surface area contributed by atoms with Gasteiger partial charge >= 0.3 is 6.18 Å². The fourth-order valence-electron chi connectivity index (χ4n) is 6.80. The second kappa shape index (κ2) is 12.5. The van der Waals surface area contributed by atoms with Crippen LogP contribution in [0.5, 0.6) is 0 Å². The van der Waals surface area contributed by atoms with Gasteiger partial charge in [-0.3, -0.25) is 0 Å². The van der Waals surface area contributed by atoms with E-state index in [1.165, 1.54) is 16.7 Å². The van der Waals surface area contributed by atoms with Gasteiger partial charge in [0.2, 0.25) is 0 Å². The number of alkyl halides is 3. The summed E-state index contributed by atoms with van der Waals surface area (Å²) in [5.74, 6) is -1.67. The van der Waals surface area contributed by atoms with E-state index < -0.39 is 18.0 Å². The van der Waals surface area contributed by atoms with Crippen molar-refractivity contribution in [3.05, 3.63) is 88.7 Å². The number of allylic oxidation sites excluding steroid dienone is 4. The molecule has 4 atom stereocenters. The number of rotatable bonds is 10. The summed E-state index contributed by atoms with van der Waals surface area (Å²) in [5.41, 5.74) is 7.47. The fourth-order valence-corrected chi connectivity index (χ4v) is 6.80. The second-order valence-corrected chi connectivity index (χ2v) is 11.8. The van der Waals surface area contributed by atoms with Crippen LogP contribution in [0.4, 0.5) is 18.9 Å². The fraction of sp³-hybridized carbons (Fsp3) is 0.529. The molecule has 1 aromatic rings. The number of fused-ring (bicyclic) bond motifs is 1. The topological polar surface area (TPSA) is 33.3 Å². The summed E-state index contributed by atoms with van der Waals surface area (Å²) in [6.45, 7) is 16.9. The number of halogens is 3. The monoisotopic (exact) mass is 554 g/mol. The van der Waals surface area contributed by atoms with Gasteiger partial charge in [-0.1, -0.05) is 68.0 Å². The van der Waals surface area contributed by atoms with Crippen LogP contribution in [0.2, 0.25) is 0 Å². The number of nitrogens with one attached hydrogen (secondary N) is 2. The molecule has 1 saturated carbocycles. The highest BCUT2D eigenvalue weighted by molar-refractivity contribution is 5.59. The largest absolute Gasteiger partial charge is 0.396 e. The maximum Gasteiger partial charge on any atom is 0.396 e. The third kappa shape index (κ3) is 6.49. The van der Waals surface area contributed by atoms with E-state index in [0.717, 1.165) is 54.6 Å². The normalized spacial score (nSPS) is 25.4. The van der Waals surface area contributed by atoms with Gasteiger partial charge in [-0.25, -0.2) is 0 Å². The summed E-state index contributed by atoms with van der Waals surface area (Å²) < 4.78 is 49.2. The number of hydrogen-bond donors (Lipinski definition) is 2. The molecule has 3 nitrogen and oxygen atoms in total. The predicted octanol–water partition coefficient (Wildman–Crippen LogP) is 8.86. The van der Waals surface area contributed by atoms with Gasteiger partial charge in [0.05, 0.1) is 18.1 Å². The van der Waals surface area contributed by atoms with Crippen molar-refractivity contribution in [2.75, 3.05) is 19.0 Å². The zero-order valence-electron chi connectivity index (χ0n) is 24.6. The number of ether oxygens (including phenoxy) is 1. The lowest BCUT2D eigenvalue weighted by Gasteiger charge is -2.36. The molecule has 1 fully saturated rings. The molecule has 1 aliphatic heterocycles. The Morgan fingerprint density at radius 1 is 1.07 bits per heavy atom. The highest BCUT2D eigenvalue weighted by atomic mass is 19.4. The van der Waals surface area contributed by atoms with Gasteiger partial charge in [-0.05, 0) is 87.0 Å². The number of methoxy groups -OCH3 is 1. The van der Waals surface area contributed by atoms with Crippen LogP contribution >= 0.6 is 0 Å². The first-order valence-corrected chi connectivity index (χ1v) is 14.6. The average Bonchev–Trinajstić information content (AvgIpc) is 3.32. The van der Waals surface area contributed by atoms with Gasteiger partial charge < -0.3 is 15.4 Å². The predicted molar refractivity (Wildman–Crippen MR) is 159 cm³/mol. The zero-order chi connectivity index (χ0) is 29.2. The molecule has 0 aromatic heterocycles. The van der Waals surface area contributed by atoms with Crippen LogP contribution in [0, 0.1) is 17.8 Å². The first kappa shape index (κ1) is 30.4. The summed E-state index contributed by atoms with van der Waals surface area (Å²) >= 11 is 0. The Morgan fingerprint density at radius 3 is 2.27 bits per heavy atom. The molecule has 3 aliphatic rings. The molecule has 218 valence electrons. The standard InChI is InChI=1S/C34H45F3N2O/c1-8-21(3)25-9-11-26(12-10-25)22(4)23(5)33(34(35,36)37)27-13-15-28(16-14-27)39-31-19-38-30-18-20(2)17-29(30)32(31)24(6)40-7/h13-18,23-26,30,33,38-39H,3-4,8-12,19H2,1-2,5-7H3/t23?,24-,25?,26?,30?,33-/m0/s1. The van der Waals surface area contributed by atoms with Gasteiger partial charge in [0.1, 0.15) is 0 Å². The van der Waals surface area contributed by atoms with Crippen molar-refractivity contribution in [2.24, 2.45) is 17.8 Å². The van der Waals surface area contributed by atoms with Crippen molar-refractivity contribution >= 4 is 5.69 Å². The van der Waals surface area contributed by atoms with Crippen LogP contribution in [0.25, 0.3) is 0 Å². The molecule has 2 aliphatic carbocycles. The molecule has 6 heteroatoms. The first-order valence-electron chi connectivity index (χ1n) is 14.6. The van der Waals surface area contributed by atoms with Gasteiger partial charge in [0.25, 0.3) is 0 Å². The van der Waals surface area contributed by atoms with E-state index in [9.17, 15) is 13.2 Å². The summed E-state index contributed by atoms with van der Waals surface area (Å²) in [7, 11) is 1.69. The van der Waals surface area contributed by atoms with Gasteiger partial charge in [0.15, 0.2) is 0 Å². The van der Waals surface area contributed by atoms with Crippen LogP contribution in [-0.2, 0) is 4.74 Å². The van der Waals surface area contributed by atoms with E-state index in [0.29, 0.717) is 12.5 Å². The lowest BCUT2D eigenvalue weighted by atomic mass is 9.70. The van der Waals surface area contributed by atoms with Gasteiger partial charge in [-0.2, -0.15) is 13.2 Å². The van der Waals surface area contributed by atoms with Crippen molar-refractivity contribution in [3.63, 3.8) is 0 Å². The summed E-state index contributed by atoms with van der Waals surface area (Å²) in [6, 6.07) is 6.90. The van der Waals surface area contributed by atoms with Crippen molar-refractivity contribution in [2.45, 2.75) is 84.0 Å². The maximum atomic E-state index is 14.5. The van der Waals surface area contributed by atoms with Gasteiger partial charge in [-0.15, -0.1) is 0 Å². The number of anilines is 1. The quantitative estimate of drug-likeness (QED) is 0.284. The maximum absolute atomic E-state index is 14.5. The van der Waals surface area contributed by atoms with Crippen LogP contribution in [0.15, 0.2) is 83.1 Å². The van der Waals surface area contributed by atoms with Crippen LogP contribution in [0.1, 0.15) is 71.3 Å². The smallest absolute Gasteiger partial charge is 0.377 e. The van der Waals surface area contributed by atoms with Crippen LogP contribution < -0.4 is 10.6 Å². The molecule has 1 heterocycles. The average molecular weight is 555 g/mol. The summed E-state index contributed by atoms with van der Waals surface area (Å²) in [5, 5.41) is 6.99. The third-order valence-corrected chi connectivity index (χ3v) is 9.33. The molecule has 40 heavy (non-hydrogen) atoms. The minimum absolute atomic E-state index is 0.117. The molecule has 2 unspecified atom stereocenters. The minimum Gasteiger partial charge on any atom is -0.377 e. The highest BCUT2D eigenvalue weighted by Crippen LogP contribution is 2.47. The lowest BCUT2D eigenvalue weighted by molar-refractivity contribution is -0.158. The van der Waals surface area contributed by atoms with E-state index in [4.69, 9.17) is 4.74 Å². The molecule has 0 radical (unpaired) electrons. The van der Waals surface area contributed by atoms with Crippen molar-refractivity contribution in [3.8, 4) is 0 Å². The van der Waals surface area contributed by atoms with Crippen LogP contribution in [0.3, 0.4) is 0 Å². The molecule has 2 N–H and O–H groups in total. The van der Waals surface area contributed by atoms with Crippen molar-refractivity contribution < 1.29 is 17.9 Å². The Kier molecular flexibility index (Phi) is 9.51. The molecule has 0 bridgehead atoms. The summed E-state index contributed by atoms with van der Waals surface area (Å²) in [6.07, 6.45) is 4.60. The molecule has 0 amide bonds. The van der Waals surface area contributed by atoms with E-state index in [-0.39, 0.29) is 23.6 Å². The SMILES string of the molecule is C=C(CC)C1CCC(C(=C)C(C)[C@@H](c2ccc(NC3=C([C@H](C)OC)C4=CC(C)=CC4NC3)cc2)C(F)(F)F)CC1. The Labute approximate surface area is 238 Å². The van der Waals surface area contributed by atoms with Crippen molar-refractivity contribution in [1.29, 1.82) is 0 Å². The van der Waals surface area contributed by atoms with E-state index in [2.05, 4.69) is 49.8 Å². The second-order valence-electron chi connectivity index (χ2n) is 11.8. The minimum atomic E-state index is -4.36. The van der Waals surface area contributed by atoms with E-state index in [1.807, 2.05) is 6.92 Å². The van der Waals surface area contributed by atoms with E-state index >= 15 is 0 Å². The molecule has 1 aromatic carbocycles. The first-order chi connectivity index (χ1) is 18.9. The Morgan fingerprint density at radius 2 is 1.70 bits per heavy atom. The molecular weight excluding hydrogens is 509 g/mol. The van der Waals surface area contributed by atoms with Gasteiger partial charge in [0, 0.05) is 30.6 Å². The number of hydrogen-bond acceptors (Lipinski definition) is 3. The van der Waals surface area contributed by atoms with Crippen LogP contribution in [-0.4, -0.2) is 32.0 Å². The highest BCUT2D eigenvalue weighted by Gasteiger charge is 2.46. The van der Waals surface area contributed by atoms with Crippen molar-refractivity contribution in [1.82, 2.24) is 5.32 Å². The zero-order valence-corrected chi connectivity index (χ0v) is 24.6. The van der Waals surface area contributed by atoms with E-state index in [1.54, 1.807) is 38.3 Å². The Bertz CT molecular complexity index is 1180. The molecule has 0 spiro atoms. The molecule has 0 saturated heterocycles. The Hall–Kier alpha value is -2.57. The third-order valence-electron chi connectivity index (χ3n) is 9.33. The Balaban J connectivity index is 1.51.